The highest BCUT2D eigenvalue weighted by Crippen LogP contribution is 2.22. The number of benzene rings is 2. The topological polar surface area (TPSA) is 0 Å². The lowest BCUT2D eigenvalue weighted by Gasteiger charge is -2.05. The molecule has 0 aliphatic carbocycles. The van der Waals surface area contributed by atoms with E-state index in [1.54, 1.807) is 6.07 Å². The number of hydrogen-bond acceptors (Lipinski definition) is 0. The molecule has 2 aromatic rings. The lowest BCUT2D eigenvalue weighted by Crippen LogP contribution is -1.88. The summed E-state index contributed by atoms with van der Waals surface area (Å²) in [7, 11) is 0. The molecule has 116 valence electrons. The van der Waals surface area contributed by atoms with Gasteiger partial charge < -0.3 is 0 Å². The van der Waals surface area contributed by atoms with Crippen molar-refractivity contribution >= 4 is 0 Å². The Morgan fingerprint density at radius 2 is 1.50 bits per heavy atom. The molecule has 0 aromatic heterocycles. The smallest absolute Gasteiger partial charge is 0.159 e. The Morgan fingerprint density at radius 3 is 2.18 bits per heavy atom. The molecule has 3 heteroatoms. The van der Waals surface area contributed by atoms with Gasteiger partial charge >= 0.3 is 0 Å². The zero-order chi connectivity index (χ0) is 15.8. The normalized spacial score (nSPS) is 11.2. The van der Waals surface area contributed by atoms with Crippen LogP contribution in [0.2, 0.25) is 0 Å². The molecule has 0 bridgehead atoms. The maximum absolute atomic E-state index is 13.2. The second-order valence-electron chi connectivity index (χ2n) is 5.29. The fourth-order valence-corrected chi connectivity index (χ4v) is 2.37. The van der Waals surface area contributed by atoms with Gasteiger partial charge in [-0.1, -0.05) is 42.8 Å². The van der Waals surface area contributed by atoms with E-state index in [4.69, 9.17) is 0 Å². The van der Waals surface area contributed by atoms with E-state index in [2.05, 4.69) is 0 Å². The lowest BCUT2D eigenvalue weighted by atomic mass is 10.0. The van der Waals surface area contributed by atoms with Gasteiger partial charge in [0.2, 0.25) is 0 Å². The molecule has 0 atom stereocenters. The molecule has 2 aromatic carbocycles. The summed E-state index contributed by atoms with van der Waals surface area (Å²) >= 11 is 0. The number of unbranched alkanes of at least 4 members (excludes halogenated alkanes) is 3. The van der Waals surface area contributed by atoms with Gasteiger partial charge in [-0.25, -0.2) is 13.2 Å². The molecule has 2 rings (SSSR count). The summed E-state index contributed by atoms with van der Waals surface area (Å²) in [4.78, 5) is 0. The Balaban J connectivity index is 1.88. The molecule has 0 N–H and O–H groups in total. The van der Waals surface area contributed by atoms with Crippen LogP contribution in [-0.2, 0) is 6.42 Å². The third-order valence-electron chi connectivity index (χ3n) is 3.63. The molecule has 0 radical (unpaired) electrons. The highest BCUT2D eigenvalue weighted by molar-refractivity contribution is 5.63. The van der Waals surface area contributed by atoms with Crippen molar-refractivity contribution in [2.45, 2.75) is 32.1 Å². The fourth-order valence-electron chi connectivity index (χ4n) is 2.37. The van der Waals surface area contributed by atoms with Crippen molar-refractivity contribution in [2.75, 3.05) is 0 Å². The van der Waals surface area contributed by atoms with E-state index in [-0.39, 0.29) is 0 Å². The van der Waals surface area contributed by atoms with Gasteiger partial charge in [0.15, 0.2) is 11.6 Å². The summed E-state index contributed by atoms with van der Waals surface area (Å²) in [5.74, 6) is -1.66. The fraction of sp³-hybridized carbons (Fsp3) is 0.263. The largest absolute Gasteiger partial charge is 0.216 e. The molecule has 0 heterocycles. The lowest BCUT2D eigenvalue weighted by molar-refractivity contribution is 0.509. The molecular formula is C19H19F3. The Bertz CT molecular complexity index is 615. The molecule has 0 fully saturated rings. The third kappa shape index (κ3) is 4.76. The molecule has 22 heavy (non-hydrogen) atoms. The van der Waals surface area contributed by atoms with E-state index in [0.717, 1.165) is 43.7 Å². The molecule has 0 unspecified atom stereocenters. The highest BCUT2D eigenvalue weighted by Gasteiger charge is 2.04. The van der Waals surface area contributed by atoms with Crippen LogP contribution in [0.3, 0.4) is 0 Å². The Hall–Kier alpha value is -2.03. The zero-order valence-electron chi connectivity index (χ0n) is 12.4. The molecular weight excluding hydrogens is 285 g/mol. The molecule has 0 nitrogen and oxygen atoms in total. The van der Waals surface area contributed by atoms with Crippen LogP contribution in [-0.4, -0.2) is 0 Å². The summed E-state index contributed by atoms with van der Waals surface area (Å²) in [5, 5.41) is 0. The second-order valence-corrected chi connectivity index (χ2v) is 5.29. The highest BCUT2D eigenvalue weighted by atomic mass is 19.2. The zero-order valence-corrected chi connectivity index (χ0v) is 12.4. The summed E-state index contributed by atoms with van der Waals surface area (Å²) in [6, 6.07) is 11.8. The Labute approximate surface area is 129 Å². The average molecular weight is 304 g/mol. The van der Waals surface area contributed by atoms with Crippen LogP contribution in [0.5, 0.6) is 0 Å². The SMILES string of the molecule is FC=CCCCCCc1ccc(-c2ccc(F)c(F)c2)cc1. The van der Waals surface area contributed by atoms with Crippen molar-refractivity contribution in [3.05, 3.63) is 72.1 Å². The van der Waals surface area contributed by atoms with Crippen molar-refractivity contribution in [1.29, 1.82) is 0 Å². The van der Waals surface area contributed by atoms with Crippen molar-refractivity contribution in [2.24, 2.45) is 0 Å². The first kappa shape index (κ1) is 16.3. The number of aryl methyl sites for hydroxylation is 1. The van der Waals surface area contributed by atoms with Gasteiger partial charge in [-0.2, -0.15) is 0 Å². The minimum absolute atomic E-state index is 0.594. The number of allylic oxidation sites excluding steroid dienone is 1. The van der Waals surface area contributed by atoms with E-state index < -0.39 is 11.6 Å². The van der Waals surface area contributed by atoms with Crippen LogP contribution >= 0.6 is 0 Å². The molecule has 0 saturated carbocycles. The summed E-state index contributed by atoms with van der Waals surface area (Å²) in [6.45, 7) is 0. The van der Waals surface area contributed by atoms with E-state index in [9.17, 15) is 13.2 Å². The van der Waals surface area contributed by atoms with Gasteiger partial charge in [-0.3, -0.25) is 0 Å². The minimum Gasteiger partial charge on any atom is -0.216 e. The maximum Gasteiger partial charge on any atom is 0.159 e. The predicted octanol–water partition coefficient (Wildman–Crippen LogP) is 6.22. The standard InChI is InChI=1S/C19H19F3/c20-13-5-3-1-2-4-6-15-7-9-16(10-8-15)17-11-12-18(21)19(22)14-17/h5,7-14H,1-4,6H2. The Morgan fingerprint density at radius 1 is 0.773 bits per heavy atom. The first-order valence-electron chi connectivity index (χ1n) is 7.50. The number of halogens is 3. The van der Waals surface area contributed by atoms with Crippen molar-refractivity contribution in [3.63, 3.8) is 0 Å². The summed E-state index contributed by atoms with van der Waals surface area (Å²) in [5.41, 5.74) is 2.76. The van der Waals surface area contributed by atoms with Gasteiger partial charge in [0.1, 0.15) is 0 Å². The molecule has 0 spiro atoms. The van der Waals surface area contributed by atoms with Crippen LogP contribution in [0.15, 0.2) is 54.9 Å². The summed E-state index contributed by atoms with van der Waals surface area (Å²) < 4.78 is 37.9. The van der Waals surface area contributed by atoms with Gasteiger partial charge in [0.25, 0.3) is 0 Å². The predicted molar refractivity (Wildman–Crippen MR) is 84.2 cm³/mol. The first-order chi connectivity index (χ1) is 10.7. The van der Waals surface area contributed by atoms with E-state index in [1.807, 2.05) is 24.3 Å². The number of hydrogen-bond donors (Lipinski definition) is 0. The Kier molecular flexibility index (Phi) is 6.26. The number of rotatable bonds is 7. The van der Waals surface area contributed by atoms with E-state index >= 15 is 0 Å². The second kappa shape index (κ2) is 8.42. The van der Waals surface area contributed by atoms with E-state index in [0.29, 0.717) is 11.9 Å². The van der Waals surface area contributed by atoms with Gasteiger partial charge in [-0.05, 0) is 54.5 Å². The van der Waals surface area contributed by atoms with Gasteiger partial charge in [0, 0.05) is 0 Å². The molecule has 0 saturated heterocycles. The van der Waals surface area contributed by atoms with Crippen LogP contribution in [0.4, 0.5) is 13.2 Å². The quantitative estimate of drug-likeness (QED) is 0.533. The van der Waals surface area contributed by atoms with Crippen LogP contribution in [0.25, 0.3) is 11.1 Å². The van der Waals surface area contributed by atoms with Crippen LogP contribution < -0.4 is 0 Å². The van der Waals surface area contributed by atoms with Crippen LogP contribution in [0, 0.1) is 11.6 Å². The van der Waals surface area contributed by atoms with E-state index in [1.165, 1.54) is 17.7 Å². The summed E-state index contributed by atoms with van der Waals surface area (Å²) in [6.07, 6.45) is 7.00. The third-order valence-corrected chi connectivity index (χ3v) is 3.63. The maximum atomic E-state index is 13.2. The van der Waals surface area contributed by atoms with Crippen molar-refractivity contribution < 1.29 is 13.2 Å². The minimum atomic E-state index is -0.831. The van der Waals surface area contributed by atoms with Crippen molar-refractivity contribution in [3.8, 4) is 11.1 Å². The monoisotopic (exact) mass is 304 g/mol. The average Bonchev–Trinajstić information content (AvgIpc) is 2.54. The van der Waals surface area contributed by atoms with Gasteiger partial charge in [0.05, 0.1) is 6.33 Å². The van der Waals surface area contributed by atoms with Gasteiger partial charge in [-0.15, -0.1) is 0 Å². The first-order valence-corrected chi connectivity index (χ1v) is 7.50. The van der Waals surface area contributed by atoms with Crippen molar-refractivity contribution in [1.82, 2.24) is 0 Å². The van der Waals surface area contributed by atoms with Crippen LogP contribution in [0.1, 0.15) is 31.2 Å². The molecule has 0 aliphatic heterocycles. The molecule has 0 amide bonds. The molecule has 0 aliphatic rings.